The van der Waals surface area contributed by atoms with Crippen molar-refractivity contribution in [1.29, 1.82) is 0 Å². The first-order valence-electron chi connectivity index (χ1n) is 6.84. The van der Waals surface area contributed by atoms with Gasteiger partial charge in [0, 0.05) is 11.6 Å². The van der Waals surface area contributed by atoms with Gasteiger partial charge in [0.2, 0.25) is 5.69 Å². The van der Waals surface area contributed by atoms with Crippen LogP contribution in [0.4, 0.5) is 0 Å². The summed E-state index contributed by atoms with van der Waals surface area (Å²) in [5.41, 5.74) is 2.34. The van der Waals surface area contributed by atoms with Crippen molar-refractivity contribution in [1.82, 2.24) is 0 Å². The van der Waals surface area contributed by atoms with E-state index in [0.717, 1.165) is 17.1 Å². The predicted molar refractivity (Wildman–Crippen MR) is 83.7 cm³/mol. The van der Waals surface area contributed by atoms with Crippen LogP contribution in [0.2, 0.25) is 0 Å². The summed E-state index contributed by atoms with van der Waals surface area (Å²) in [6.45, 7) is 0. The van der Waals surface area contributed by atoms with Gasteiger partial charge in [-0.25, -0.2) is 4.57 Å². The molecule has 106 valence electrons. The molecule has 1 heterocycles. The zero-order valence-electron chi connectivity index (χ0n) is 12.5. The molecule has 3 heteroatoms. The average Bonchev–Trinajstić information content (AvgIpc) is 2.54. The van der Waals surface area contributed by atoms with E-state index in [1.54, 1.807) is 14.2 Å². The summed E-state index contributed by atoms with van der Waals surface area (Å²) in [6, 6.07) is 16.4. The third-order valence-corrected chi connectivity index (χ3v) is 3.71. The third kappa shape index (κ3) is 2.42. The second kappa shape index (κ2) is 5.44. The van der Waals surface area contributed by atoms with Crippen LogP contribution in [0.5, 0.6) is 11.5 Å². The molecule has 0 aliphatic heterocycles. The number of ether oxygens (including phenoxy) is 2. The van der Waals surface area contributed by atoms with E-state index in [2.05, 4.69) is 48.1 Å². The molecule has 0 radical (unpaired) electrons. The van der Waals surface area contributed by atoms with Crippen molar-refractivity contribution in [2.75, 3.05) is 14.2 Å². The topological polar surface area (TPSA) is 22.3 Å². The average molecular weight is 280 g/mol. The second-order valence-electron chi connectivity index (χ2n) is 4.96. The third-order valence-electron chi connectivity index (χ3n) is 3.71. The minimum absolute atomic E-state index is 0.864. The molecule has 0 saturated carbocycles. The van der Waals surface area contributed by atoms with Crippen LogP contribution in [0.3, 0.4) is 0 Å². The number of pyridine rings is 1. The van der Waals surface area contributed by atoms with Crippen LogP contribution in [0.1, 0.15) is 0 Å². The van der Waals surface area contributed by atoms with E-state index >= 15 is 0 Å². The highest BCUT2D eigenvalue weighted by atomic mass is 16.5. The van der Waals surface area contributed by atoms with E-state index in [1.807, 2.05) is 18.2 Å². The lowest BCUT2D eigenvalue weighted by atomic mass is 10.0. The van der Waals surface area contributed by atoms with Crippen molar-refractivity contribution >= 4 is 10.8 Å². The second-order valence-corrected chi connectivity index (χ2v) is 4.96. The van der Waals surface area contributed by atoms with Gasteiger partial charge in [-0.2, -0.15) is 0 Å². The predicted octanol–water partition coefficient (Wildman–Crippen LogP) is 3.35. The molecule has 3 nitrogen and oxygen atoms in total. The number of rotatable bonds is 3. The van der Waals surface area contributed by atoms with Crippen molar-refractivity contribution < 1.29 is 14.0 Å². The van der Waals surface area contributed by atoms with Gasteiger partial charge in [0.25, 0.3) is 0 Å². The highest BCUT2D eigenvalue weighted by molar-refractivity contribution is 5.93. The molecule has 0 saturated heterocycles. The maximum atomic E-state index is 5.31. The van der Waals surface area contributed by atoms with Crippen LogP contribution in [-0.4, -0.2) is 14.2 Å². The van der Waals surface area contributed by atoms with Crippen molar-refractivity contribution in [3.63, 3.8) is 0 Å². The molecule has 0 unspecified atom stereocenters. The maximum Gasteiger partial charge on any atom is 0.220 e. The quantitative estimate of drug-likeness (QED) is 0.686. The Balaban J connectivity index is 2.22. The van der Waals surface area contributed by atoms with Gasteiger partial charge < -0.3 is 9.47 Å². The highest BCUT2D eigenvalue weighted by Crippen LogP contribution is 2.28. The summed E-state index contributed by atoms with van der Waals surface area (Å²) in [4.78, 5) is 0. The Morgan fingerprint density at radius 1 is 0.810 bits per heavy atom. The van der Waals surface area contributed by atoms with Gasteiger partial charge >= 0.3 is 0 Å². The summed E-state index contributed by atoms with van der Waals surface area (Å²) >= 11 is 0. The lowest BCUT2D eigenvalue weighted by molar-refractivity contribution is -0.659. The van der Waals surface area contributed by atoms with E-state index < -0.39 is 0 Å². The van der Waals surface area contributed by atoms with E-state index in [-0.39, 0.29) is 0 Å². The zero-order chi connectivity index (χ0) is 14.8. The Morgan fingerprint density at radius 2 is 1.48 bits per heavy atom. The summed E-state index contributed by atoms with van der Waals surface area (Å²) in [5, 5.41) is 2.37. The fourth-order valence-electron chi connectivity index (χ4n) is 2.59. The number of fused-ring (bicyclic) bond motifs is 1. The number of nitrogens with zero attached hydrogens (tertiary/aromatic N) is 1. The van der Waals surface area contributed by atoms with Gasteiger partial charge in [-0.3, -0.25) is 0 Å². The van der Waals surface area contributed by atoms with E-state index in [1.165, 1.54) is 16.5 Å². The first kappa shape index (κ1) is 13.4. The van der Waals surface area contributed by atoms with Crippen LogP contribution in [0.15, 0.2) is 54.7 Å². The standard InChI is InChI=1S/C18H18NO2/c1-19-11-10-14-12-16(21-3)8-9-17(14)18(19)13-4-6-15(20-2)7-5-13/h4-12H,1-3H3/q+1. The van der Waals surface area contributed by atoms with Crippen molar-refractivity contribution in [2.45, 2.75) is 0 Å². The van der Waals surface area contributed by atoms with Crippen molar-refractivity contribution in [3.05, 3.63) is 54.7 Å². The molecular formula is C18H18NO2+. The molecule has 0 aliphatic carbocycles. The molecule has 0 amide bonds. The Labute approximate surface area is 124 Å². The van der Waals surface area contributed by atoms with Gasteiger partial charge in [0.15, 0.2) is 6.20 Å². The van der Waals surface area contributed by atoms with Gasteiger partial charge in [0.05, 0.1) is 19.6 Å². The van der Waals surface area contributed by atoms with E-state index in [4.69, 9.17) is 9.47 Å². The molecular weight excluding hydrogens is 262 g/mol. The first-order chi connectivity index (χ1) is 10.2. The molecule has 3 aromatic rings. The van der Waals surface area contributed by atoms with Gasteiger partial charge in [-0.1, -0.05) is 0 Å². The molecule has 0 spiro atoms. The fourth-order valence-corrected chi connectivity index (χ4v) is 2.59. The molecule has 2 aromatic carbocycles. The fraction of sp³-hybridized carbons (Fsp3) is 0.167. The number of methoxy groups -OCH3 is 2. The molecule has 1 aromatic heterocycles. The Bertz CT molecular complexity index is 779. The minimum atomic E-state index is 0.864. The first-order valence-corrected chi connectivity index (χ1v) is 6.84. The molecule has 0 bridgehead atoms. The largest absolute Gasteiger partial charge is 0.497 e. The molecule has 21 heavy (non-hydrogen) atoms. The van der Waals surface area contributed by atoms with Crippen LogP contribution in [-0.2, 0) is 7.05 Å². The lowest BCUT2D eigenvalue weighted by Gasteiger charge is -2.07. The number of aryl methyl sites for hydroxylation is 1. The summed E-state index contributed by atoms with van der Waals surface area (Å²) in [6.07, 6.45) is 2.07. The van der Waals surface area contributed by atoms with E-state index in [9.17, 15) is 0 Å². The monoisotopic (exact) mass is 280 g/mol. The van der Waals surface area contributed by atoms with Crippen LogP contribution in [0, 0.1) is 0 Å². The van der Waals surface area contributed by atoms with Gasteiger partial charge in [-0.15, -0.1) is 0 Å². The maximum absolute atomic E-state index is 5.31. The van der Waals surface area contributed by atoms with Crippen molar-refractivity contribution in [3.8, 4) is 22.8 Å². The summed E-state index contributed by atoms with van der Waals surface area (Å²) in [5.74, 6) is 1.74. The zero-order valence-corrected chi connectivity index (χ0v) is 12.5. The minimum Gasteiger partial charge on any atom is -0.497 e. The van der Waals surface area contributed by atoms with Gasteiger partial charge in [0.1, 0.15) is 18.5 Å². The van der Waals surface area contributed by atoms with Crippen LogP contribution in [0.25, 0.3) is 22.0 Å². The Morgan fingerprint density at radius 3 is 2.14 bits per heavy atom. The molecule has 0 aliphatic rings. The van der Waals surface area contributed by atoms with Crippen LogP contribution < -0.4 is 14.0 Å². The van der Waals surface area contributed by atoms with E-state index in [0.29, 0.717) is 0 Å². The summed E-state index contributed by atoms with van der Waals surface area (Å²) in [7, 11) is 5.43. The SMILES string of the molecule is COc1ccc(-c2c3ccc(OC)cc3cc[n+]2C)cc1. The van der Waals surface area contributed by atoms with Crippen LogP contribution >= 0.6 is 0 Å². The number of aromatic nitrogens is 1. The van der Waals surface area contributed by atoms with Crippen molar-refractivity contribution in [2.24, 2.45) is 7.05 Å². The number of benzene rings is 2. The molecule has 0 fully saturated rings. The molecule has 0 atom stereocenters. The summed E-state index contributed by atoms with van der Waals surface area (Å²) < 4.78 is 12.7. The lowest BCUT2D eigenvalue weighted by Crippen LogP contribution is -2.30. The van der Waals surface area contributed by atoms with Gasteiger partial charge in [-0.05, 0) is 47.9 Å². The smallest absolute Gasteiger partial charge is 0.220 e. The highest BCUT2D eigenvalue weighted by Gasteiger charge is 2.15. The molecule has 3 rings (SSSR count). The Kier molecular flexibility index (Phi) is 3.48. The number of hydrogen-bond donors (Lipinski definition) is 0. The normalized spacial score (nSPS) is 10.6. The number of hydrogen-bond acceptors (Lipinski definition) is 2. The molecule has 0 N–H and O–H groups in total. The Hall–Kier alpha value is -2.55.